The maximum Gasteiger partial charge on any atom is 0.213 e. The van der Waals surface area contributed by atoms with Gasteiger partial charge in [0.2, 0.25) is 5.95 Å². The molecule has 0 unspecified atom stereocenters. The molecule has 0 amide bonds. The smallest absolute Gasteiger partial charge is 0.213 e. The van der Waals surface area contributed by atoms with Crippen molar-refractivity contribution in [1.82, 2.24) is 9.55 Å². The fourth-order valence-corrected chi connectivity index (χ4v) is 3.33. The molecule has 0 bridgehead atoms. The zero-order valence-corrected chi connectivity index (χ0v) is 14.0. The molecule has 5 heteroatoms. The third-order valence-electron chi connectivity index (χ3n) is 4.51. The van der Waals surface area contributed by atoms with Crippen LogP contribution >= 0.6 is 12.2 Å². The van der Waals surface area contributed by atoms with Crippen LogP contribution in [0.3, 0.4) is 0 Å². The number of nitrogens with zero attached hydrogens (tertiary/aromatic N) is 3. The van der Waals surface area contributed by atoms with Crippen molar-refractivity contribution >= 4 is 40.0 Å². The molecule has 1 N–H and O–H groups in total. The molecular formula is C18H18N4S. The van der Waals surface area contributed by atoms with E-state index in [-0.39, 0.29) is 0 Å². The third-order valence-corrected chi connectivity index (χ3v) is 4.84. The number of benzene rings is 2. The van der Waals surface area contributed by atoms with E-state index >= 15 is 0 Å². The molecule has 0 aliphatic carbocycles. The van der Waals surface area contributed by atoms with Crippen molar-refractivity contribution in [2.24, 2.45) is 0 Å². The Morgan fingerprint density at radius 2 is 1.91 bits per heavy atom. The maximum absolute atomic E-state index is 5.64. The zero-order valence-electron chi connectivity index (χ0n) is 13.2. The summed E-state index contributed by atoms with van der Waals surface area (Å²) in [7, 11) is 0. The highest BCUT2D eigenvalue weighted by Crippen LogP contribution is 2.28. The van der Waals surface area contributed by atoms with Crippen molar-refractivity contribution in [3.05, 3.63) is 53.6 Å². The van der Waals surface area contributed by atoms with Crippen molar-refractivity contribution in [1.29, 1.82) is 0 Å². The first-order valence-corrected chi connectivity index (χ1v) is 8.16. The first-order valence-electron chi connectivity index (χ1n) is 7.75. The van der Waals surface area contributed by atoms with Gasteiger partial charge in [0.05, 0.1) is 11.0 Å². The Labute approximate surface area is 140 Å². The fourth-order valence-electron chi connectivity index (χ4n) is 3.05. The second-order valence-electron chi connectivity index (χ2n) is 5.88. The first kappa shape index (κ1) is 14.2. The molecule has 23 heavy (non-hydrogen) atoms. The molecule has 1 aliphatic heterocycles. The van der Waals surface area contributed by atoms with Crippen molar-refractivity contribution in [2.75, 3.05) is 16.8 Å². The topological polar surface area (TPSA) is 33.1 Å². The van der Waals surface area contributed by atoms with E-state index in [0.29, 0.717) is 5.11 Å². The van der Waals surface area contributed by atoms with Gasteiger partial charge in [0.25, 0.3) is 0 Å². The molecule has 0 saturated carbocycles. The van der Waals surface area contributed by atoms with Crippen LogP contribution in [-0.4, -0.2) is 21.2 Å². The lowest BCUT2D eigenvalue weighted by Crippen LogP contribution is -2.33. The van der Waals surface area contributed by atoms with Gasteiger partial charge in [-0.2, -0.15) is 0 Å². The number of para-hydroxylation sites is 2. The molecule has 3 aromatic rings. The van der Waals surface area contributed by atoms with Gasteiger partial charge in [-0.1, -0.05) is 24.3 Å². The van der Waals surface area contributed by atoms with Crippen molar-refractivity contribution in [2.45, 2.75) is 20.4 Å². The molecule has 0 radical (unpaired) electrons. The molecule has 2 aromatic carbocycles. The van der Waals surface area contributed by atoms with E-state index in [1.54, 1.807) is 0 Å². The van der Waals surface area contributed by atoms with Crippen LogP contribution in [0, 0.1) is 13.8 Å². The van der Waals surface area contributed by atoms with Gasteiger partial charge in [-0.05, 0) is 55.4 Å². The van der Waals surface area contributed by atoms with Crippen LogP contribution < -0.4 is 10.2 Å². The van der Waals surface area contributed by atoms with Crippen LogP contribution in [0.25, 0.3) is 11.0 Å². The van der Waals surface area contributed by atoms with Crippen molar-refractivity contribution in [3.63, 3.8) is 0 Å². The molecule has 0 saturated heterocycles. The summed E-state index contributed by atoms with van der Waals surface area (Å²) in [6.45, 7) is 5.98. The van der Waals surface area contributed by atoms with Gasteiger partial charge in [-0.25, -0.2) is 4.98 Å². The lowest BCUT2D eigenvalue weighted by molar-refractivity contribution is 0.829. The Bertz CT molecular complexity index is 913. The number of rotatable bonds is 1. The summed E-state index contributed by atoms with van der Waals surface area (Å²) in [6, 6.07) is 14.4. The molecule has 0 fully saturated rings. The van der Waals surface area contributed by atoms with E-state index in [0.717, 1.165) is 30.2 Å². The predicted molar refractivity (Wildman–Crippen MR) is 99.2 cm³/mol. The predicted octanol–water partition coefficient (Wildman–Crippen LogP) is 3.87. The molecule has 1 aliphatic rings. The van der Waals surface area contributed by atoms with E-state index in [1.165, 1.54) is 16.6 Å². The van der Waals surface area contributed by atoms with Crippen LogP contribution in [0.2, 0.25) is 0 Å². The normalized spacial score (nSPS) is 13.4. The average Bonchev–Trinajstić information content (AvgIpc) is 3.10. The zero-order chi connectivity index (χ0) is 16.0. The molecule has 0 spiro atoms. The fraction of sp³-hybridized carbons (Fsp3) is 0.222. The van der Waals surface area contributed by atoms with Gasteiger partial charge < -0.3 is 9.88 Å². The number of thiocarbonyl (C=S) groups is 1. The summed E-state index contributed by atoms with van der Waals surface area (Å²) in [5, 5.41) is 4.08. The quantitative estimate of drug-likeness (QED) is 0.690. The first-order chi connectivity index (χ1) is 11.1. The molecule has 116 valence electrons. The van der Waals surface area contributed by atoms with Gasteiger partial charge in [-0.3, -0.25) is 4.90 Å². The Morgan fingerprint density at radius 3 is 2.78 bits per heavy atom. The number of fused-ring (bicyclic) bond motifs is 3. The van der Waals surface area contributed by atoms with E-state index in [4.69, 9.17) is 17.2 Å². The number of nitrogens with one attached hydrogen (secondary N) is 1. The molecule has 4 rings (SSSR count). The van der Waals surface area contributed by atoms with Crippen LogP contribution in [0.1, 0.15) is 11.1 Å². The van der Waals surface area contributed by atoms with Crippen LogP contribution in [0.4, 0.5) is 11.6 Å². The Balaban J connectivity index is 1.65. The highest BCUT2D eigenvalue weighted by Gasteiger charge is 2.26. The minimum atomic E-state index is 0.702. The molecular weight excluding hydrogens is 304 g/mol. The SMILES string of the molecule is Cc1cccc(NC(=S)N2CCn3c2nc2ccccc23)c1C. The number of anilines is 2. The maximum atomic E-state index is 5.64. The van der Waals surface area contributed by atoms with E-state index < -0.39 is 0 Å². The third kappa shape index (κ3) is 2.28. The summed E-state index contributed by atoms with van der Waals surface area (Å²) in [5.74, 6) is 0.925. The molecule has 1 aromatic heterocycles. The van der Waals surface area contributed by atoms with E-state index in [1.807, 2.05) is 24.3 Å². The monoisotopic (exact) mass is 322 g/mol. The summed E-state index contributed by atoms with van der Waals surface area (Å²) in [6.07, 6.45) is 0. The van der Waals surface area contributed by atoms with Crippen LogP contribution in [-0.2, 0) is 6.54 Å². The lowest BCUT2D eigenvalue weighted by atomic mass is 10.1. The van der Waals surface area contributed by atoms with Crippen molar-refractivity contribution in [3.8, 4) is 0 Å². The summed E-state index contributed by atoms with van der Waals surface area (Å²) < 4.78 is 2.23. The minimum Gasteiger partial charge on any atom is -0.332 e. The summed E-state index contributed by atoms with van der Waals surface area (Å²) >= 11 is 5.64. The second-order valence-corrected chi connectivity index (χ2v) is 6.27. The Morgan fingerprint density at radius 1 is 1.09 bits per heavy atom. The Kier molecular flexibility index (Phi) is 3.31. The number of aromatic nitrogens is 2. The standard InChI is InChI=1S/C18H18N4S/c1-12-6-5-8-14(13(12)2)20-18(23)22-11-10-21-16-9-4-3-7-15(16)19-17(21)22/h3-9H,10-11H2,1-2H3,(H,20,23). The minimum absolute atomic E-state index is 0.702. The summed E-state index contributed by atoms with van der Waals surface area (Å²) in [4.78, 5) is 6.82. The van der Waals surface area contributed by atoms with Crippen LogP contribution in [0.15, 0.2) is 42.5 Å². The number of hydrogen-bond acceptors (Lipinski definition) is 2. The Hall–Kier alpha value is -2.40. The number of hydrogen-bond donors (Lipinski definition) is 1. The van der Waals surface area contributed by atoms with Gasteiger partial charge in [0, 0.05) is 18.8 Å². The highest BCUT2D eigenvalue weighted by atomic mass is 32.1. The van der Waals surface area contributed by atoms with Gasteiger partial charge in [0.15, 0.2) is 5.11 Å². The largest absolute Gasteiger partial charge is 0.332 e. The molecule has 0 atom stereocenters. The van der Waals surface area contributed by atoms with E-state index in [9.17, 15) is 0 Å². The van der Waals surface area contributed by atoms with Gasteiger partial charge in [-0.15, -0.1) is 0 Å². The van der Waals surface area contributed by atoms with Gasteiger partial charge >= 0.3 is 0 Å². The van der Waals surface area contributed by atoms with Crippen LogP contribution in [0.5, 0.6) is 0 Å². The lowest BCUT2D eigenvalue weighted by Gasteiger charge is -2.20. The molecule has 4 nitrogen and oxygen atoms in total. The van der Waals surface area contributed by atoms with E-state index in [2.05, 4.69) is 46.8 Å². The van der Waals surface area contributed by atoms with Crippen molar-refractivity contribution < 1.29 is 0 Å². The second kappa shape index (κ2) is 5.35. The average molecular weight is 322 g/mol. The van der Waals surface area contributed by atoms with Gasteiger partial charge in [0.1, 0.15) is 0 Å². The number of imidazole rings is 1. The molecule has 2 heterocycles. The highest BCUT2D eigenvalue weighted by molar-refractivity contribution is 7.80. The summed E-state index contributed by atoms with van der Waals surface area (Å²) in [5.41, 5.74) is 5.72. The number of aryl methyl sites for hydroxylation is 1.